The van der Waals surface area contributed by atoms with E-state index in [4.69, 9.17) is 16.3 Å². The van der Waals surface area contributed by atoms with Crippen LogP contribution >= 0.6 is 11.6 Å². The predicted octanol–water partition coefficient (Wildman–Crippen LogP) is 12.7. The van der Waals surface area contributed by atoms with Gasteiger partial charge in [0.2, 0.25) is 0 Å². The van der Waals surface area contributed by atoms with Crippen LogP contribution in [0.15, 0.2) is 184 Å². The van der Waals surface area contributed by atoms with E-state index in [0.29, 0.717) is 104 Å². The van der Waals surface area contributed by atoms with Crippen molar-refractivity contribution in [3.8, 4) is 51.8 Å². The third-order valence-electron chi connectivity index (χ3n) is 23.9. The minimum absolute atomic E-state index is 0.121. The molecular weight excluding hydrogens is 1650 g/mol. The molecule has 8 aliphatic heterocycles. The van der Waals surface area contributed by atoms with Gasteiger partial charge >= 0.3 is 22.8 Å². The molecule has 668 valence electrons. The van der Waals surface area contributed by atoms with Gasteiger partial charge in [-0.1, -0.05) is 112 Å². The summed E-state index contributed by atoms with van der Waals surface area (Å²) in [5, 5.41) is 11.2. The zero-order valence-electron chi connectivity index (χ0n) is 75.5. The first-order valence-corrected chi connectivity index (χ1v) is 44.2. The number of halogens is 1. The molecule has 17 rings (SSSR count). The highest BCUT2D eigenvalue weighted by molar-refractivity contribution is 6.30. The number of unbranched alkanes of at least 4 members (excludes halogenated alkanes) is 1. The van der Waals surface area contributed by atoms with Crippen molar-refractivity contribution >= 4 is 55.7 Å². The Morgan fingerprint density at radius 1 is 0.450 bits per heavy atom. The van der Waals surface area contributed by atoms with Crippen LogP contribution in [0.1, 0.15) is 153 Å². The lowest BCUT2D eigenvalue weighted by molar-refractivity contribution is 0.209. The summed E-state index contributed by atoms with van der Waals surface area (Å²) >= 11 is 6.02. The minimum Gasteiger partial charge on any atom is -0.490 e. The van der Waals surface area contributed by atoms with Crippen LogP contribution in [0.25, 0.3) is 90.2 Å². The number of aromatic nitrogens is 17. The topological polar surface area (TPSA) is 384 Å². The summed E-state index contributed by atoms with van der Waals surface area (Å²) in [6, 6.07) is 46.9. The quantitative estimate of drug-likeness (QED) is 0.0206. The molecule has 0 bridgehead atoms. The molecule has 1 saturated carbocycles. The Balaban J connectivity index is 0.000000139. The van der Waals surface area contributed by atoms with E-state index in [0.717, 1.165) is 104 Å². The Morgan fingerprint density at radius 3 is 1.24 bits per heavy atom. The molecule has 9 aliphatic rings. The highest BCUT2D eigenvalue weighted by atomic mass is 35.5. The number of likely N-dealkylation sites (N-methyl/N-ethyl adjacent to an activating group) is 1. The van der Waals surface area contributed by atoms with E-state index in [9.17, 15) is 38.4 Å². The number of benzene rings is 7. The maximum Gasteiger partial charge on any atom is 0.349 e. The van der Waals surface area contributed by atoms with Crippen LogP contribution in [0, 0.1) is 48.5 Å². The molecule has 9 heterocycles. The normalized spacial score (nSPS) is 12.5. The Bertz CT molecular complexity index is 7130. The van der Waals surface area contributed by atoms with Crippen LogP contribution in [-0.4, -0.2) is 127 Å². The van der Waals surface area contributed by atoms with Crippen molar-refractivity contribution in [2.75, 3.05) is 33.2 Å². The fourth-order valence-corrected chi connectivity index (χ4v) is 16.2. The minimum atomic E-state index is -0.675. The maximum absolute atomic E-state index is 12.6. The first-order valence-electron chi connectivity index (χ1n) is 43.8. The SMILES string of the molecule is CCCCc1ccc(CNCCn2c3nc(=O)[nH]c(=O)c-3nc3cc(C)c(C)cc32)cc1.Cc1cc2nc3c(=O)[nH]c(=O)nc-3n(CCN(C)Cc3ccccn3)c2cc1C.Cc1cc2nc3c(=O)[nH]c(=O)nc-3n(CCNC(C)(C)c3ccc(Cl)cc3)c2cc1C.Cc1cc2nc3c(=O)[nH]c(=O)nc-3n(CCNCc3ccc(C(C)(C)C)cc3)c2cc1OC1CCCC1. The molecule has 1 fully saturated rings. The smallest absolute Gasteiger partial charge is 0.349 e. The summed E-state index contributed by atoms with van der Waals surface area (Å²) in [7, 11) is 2.01. The molecule has 0 spiro atoms. The number of aromatic amines is 4. The lowest BCUT2D eigenvalue weighted by atomic mass is 9.87. The summed E-state index contributed by atoms with van der Waals surface area (Å²) in [5.41, 5.74) is 16.6. The second-order valence-corrected chi connectivity index (χ2v) is 35.4. The Hall–Kier alpha value is -13.3. The maximum atomic E-state index is 12.6. The Morgan fingerprint density at radius 2 is 0.829 bits per heavy atom. The predicted molar refractivity (Wildman–Crippen MR) is 507 cm³/mol. The zero-order chi connectivity index (χ0) is 91.7. The van der Waals surface area contributed by atoms with E-state index in [2.05, 4.69) is 176 Å². The number of nitrogens with zero attached hydrogens (tertiary/aromatic N) is 14. The molecule has 0 atom stereocenters. The summed E-state index contributed by atoms with van der Waals surface area (Å²) in [5.74, 6) is 2.01. The summed E-state index contributed by atoms with van der Waals surface area (Å²) in [6.07, 6.45) is 10.0. The number of H-pyrrole nitrogens is 4. The number of nitrogens with one attached hydrogen (secondary N) is 7. The van der Waals surface area contributed by atoms with Crippen LogP contribution < -0.4 is 65.7 Å². The van der Waals surface area contributed by atoms with Gasteiger partial charge in [0.1, 0.15) is 5.75 Å². The molecule has 1 aliphatic carbocycles. The highest BCUT2D eigenvalue weighted by Crippen LogP contribution is 2.34. The van der Waals surface area contributed by atoms with Crippen LogP contribution in [0.4, 0.5) is 0 Å². The van der Waals surface area contributed by atoms with Crippen LogP contribution in [0.3, 0.4) is 0 Å². The number of pyridine rings is 1. The summed E-state index contributed by atoms with van der Waals surface area (Å²) in [6.45, 7) is 34.0. The van der Waals surface area contributed by atoms with Crippen LogP contribution in [0.5, 0.6) is 5.75 Å². The fraction of sp³-hybridized carbons (Fsp3) is 0.357. The molecule has 1 aromatic heterocycles. The van der Waals surface area contributed by atoms with Gasteiger partial charge in [0, 0.05) is 94.8 Å². The van der Waals surface area contributed by atoms with Gasteiger partial charge in [-0.2, -0.15) is 19.9 Å². The highest BCUT2D eigenvalue weighted by Gasteiger charge is 2.28. The average Bonchev–Trinajstić information content (AvgIpc) is 0.968. The number of fused-ring (bicyclic) bond motifs is 8. The molecule has 31 heteroatoms. The number of hydrogen-bond donors (Lipinski definition) is 7. The van der Waals surface area contributed by atoms with E-state index in [1.54, 1.807) is 6.20 Å². The summed E-state index contributed by atoms with van der Waals surface area (Å²) in [4.78, 5) is 147. The van der Waals surface area contributed by atoms with Crippen molar-refractivity contribution < 1.29 is 4.74 Å². The molecule has 0 saturated heterocycles. The van der Waals surface area contributed by atoms with Gasteiger partial charge in [-0.05, 0) is 247 Å². The molecule has 0 radical (unpaired) electrons. The molecule has 0 unspecified atom stereocenters. The van der Waals surface area contributed by atoms with E-state index in [1.165, 1.54) is 47.9 Å². The van der Waals surface area contributed by atoms with Crippen LogP contribution in [-0.2, 0) is 63.2 Å². The summed E-state index contributed by atoms with van der Waals surface area (Å²) < 4.78 is 14.0. The standard InChI is InChI=1S/C29H35N5O3.C25H29N5O2.C23H24ClN5O2.C21H22N6O2/c1-18-15-22-23(16-24(18)37-21-7-5-6-8-21)34(26-25(31-22)27(35)33-28(36)32-26)14-13-30-17-19-9-11-20(12-10-19)29(2,3)4;1-4-5-6-18-7-9-19(10-8-18)15-26-11-12-30-21-14-17(3)16(2)13-20(21)27-22-23(30)28-25(32)29-24(22)31;1-13-11-17-18(12-14(13)2)29(20-19(26-17)21(30)28-22(31)27-20)10-9-25-23(3,4)15-5-7-16(24)8-6-15;1-13-10-16-17(11-14(13)2)27(19-18(23-16)20(28)25-21(29)24-19)9-8-26(3)12-15-6-4-5-7-22-15/h9-12,15-16,21,30H,5-8,13-14,17H2,1-4H3,(H,33,35,36);7-10,13-14,26H,4-6,11-12,15H2,1-3H3,(H,29,31,32);5-8,11-12,25H,9-10H2,1-4H3,(H,28,30,31);4-7,10-11H,8-9,12H2,1-3H3,(H,25,28,29). The third-order valence-corrected chi connectivity index (χ3v) is 24.1. The first-order chi connectivity index (χ1) is 61.7. The van der Waals surface area contributed by atoms with Crippen molar-refractivity contribution in [2.24, 2.45) is 0 Å². The van der Waals surface area contributed by atoms with E-state index >= 15 is 0 Å². The first kappa shape index (κ1) is 91.9. The largest absolute Gasteiger partial charge is 0.490 e. The van der Waals surface area contributed by atoms with Crippen molar-refractivity contribution in [3.63, 3.8) is 0 Å². The van der Waals surface area contributed by atoms with Crippen molar-refractivity contribution in [3.05, 3.63) is 307 Å². The van der Waals surface area contributed by atoms with Gasteiger partial charge in [0.15, 0.2) is 46.1 Å². The van der Waals surface area contributed by atoms with Gasteiger partial charge in [-0.25, -0.2) is 39.1 Å². The molecule has 0 amide bonds. The number of hydrogen-bond acceptors (Lipinski definition) is 22. The van der Waals surface area contributed by atoms with Crippen molar-refractivity contribution in [1.29, 1.82) is 0 Å². The fourth-order valence-electron chi connectivity index (χ4n) is 16.0. The van der Waals surface area contributed by atoms with Gasteiger partial charge in [0.25, 0.3) is 22.2 Å². The molecule has 7 aromatic carbocycles. The van der Waals surface area contributed by atoms with E-state index in [1.807, 2.05) is 165 Å². The molecule has 129 heavy (non-hydrogen) atoms. The number of ether oxygens (including phenoxy) is 1. The Labute approximate surface area is 749 Å². The monoisotopic (exact) mass is 1760 g/mol. The van der Waals surface area contributed by atoms with E-state index in [-0.39, 0.29) is 51.5 Å². The van der Waals surface area contributed by atoms with Crippen LogP contribution in [0.2, 0.25) is 5.02 Å². The number of rotatable bonds is 25. The second kappa shape index (κ2) is 40.0. The molecule has 7 N–H and O–H groups in total. The lowest BCUT2D eigenvalue weighted by Gasteiger charge is -2.28. The Kier molecular flexibility index (Phi) is 28.5. The molecule has 30 nitrogen and oxygen atoms in total. The van der Waals surface area contributed by atoms with Crippen molar-refractivity contribution in [1.82, 2.24) is 104 Å². The molecule has 8 aromatic rings. The van der Waals surface area contributed by atoms with Gasteiger partial charge in [-0.15, -0.1) is 0 Å². The lowest BCUT2D eigenvalue weighted by Crippen LogP contribution is -2.39. The zero-order valence-corrected chi connectivity index (χ0v) is 76.2. The van der Waals surface area contributed by atoms with Gasteiger partial charge < -0.3 is 39.0 Å². The third kappa shape index (κ3) is 22.0. The van der Waals surface area contributed by atoms with Gasteiger partial charge in [-0.3, -0.25) is 49.0 Å². The van der Waals surface area contributed by atoms with Crippen molar-refractivity contribution in [2.45, 2.75) is 198 Å². The number of aryl methyl sites for hydroxylation is 8. The molecular formula is C98H110ClN21O9. The van der Waals surface area contributed by atoms with E-state index < -0.39 is 45.0 Å². The van der Waals surface area contributed by atoms with Gasteiger partial charge in [0.05, 0.1) is 55.9 Å². The second-order valence-electron chi connectivity index (χ2n) is 35.0. The average molecular weight is 1760 g/mol.